The Morgan fingerprint density at radius 1 is 0.944 bits per heavy atom. The van der Waals surface area contributed by atoms with Gasteiger partial charge in [0.2, 0.25) is 0 Å². The maximum absolute atomic E-state index is 3.98. The zero-order valence-corrected chi connectivity index (χ0v) is 12.6. The maximum Gasteiger partial charge on any atom is 0.00722 e. The SMILES string of the molecule is CCC1CCCC(N[C@@H](C)C2CCCCCC2)C1. The van der Waals surface area contributed by atoms with Gasteiger partial charge in [0.25, 0.3) is 0 Å². The summed E-state index contributed by atoms with van der Waals surface area (Å²) in [4.78, 5) is 0. The third-order valence-corrected chi connectivity index (χ3v) is 5.47. The largest absolute Gasteiger partial charge is 0.311 e. The van der Waals surface area contributed by atoms with E-state index in [1.54, 1.807) is 0 Å². The Hall–Kier alpha value is -0.0400. The number of nitrogens with one attached hydrogen (secondary N) is 1. The molecule has 0 spiro atoms. The molecule has 106 valence electrons. The third-order valence-electron chi connectivity index (χ3n) is 5.47. The molecule has 0 heterocycles. The minimum Gasteiger partial charge on any atom is -0.311 e. The van der Waals surface area contributed by atoms with Gasteiger partial charge in [0, 0.05) is 12.1 Å². The van der Waals surface area contributed by atoms with Crippen molar-refractivity contribution in [3.63, 3.8) is 0 Å². The van der Waals surface area contributed by atoms with E-state index in [4.69, 9.17) is 0 Å². The van der Waals surface area contributed by atoms with Gasteiger partial charge in [-0.2, -0.15) is 0 Å². The van der Waals surface area contributed by atoms with Gasteiger partial charge in [-0.25, -0.2) is 0 Å². The van der Waals surface area contributed by atoms with Crippen LogP contribution in [0.4, 0.5) is 0 Å². The molecule has 0 aromatic carbocycles. The predicted molar refractivity (Wildman–Crippen MR) is 79.8 cm³/mol. The summed E-state index contributed by atoms with van der Waals surface area (Å²) in [6.45, 7) is 4.81. The van der Waals surface area contributed by atoms with E-state index in [2.05, 4.69) is 19.2 Å². The molecule has 0 bridgehead atoms. The van der Waals surface area contributed by atoms with Crippen LogP contribution in [0.3, 0.4) is 0 Å². The fourth-order valence-corrected chi connectivity index (χ4v) is 4.13. The lowest BCUT2D eigenvalue weighted by atomic mass is 9.83. The van der Waals surface area contributed by atoms with Gasteiger partial charge in [-0.1, -0.05) is 51.9 Å². The minimum atomic E-state index is 0.753. The van der Waals surface area contributed by atoms with Crippen LogP contribution in [0, 0.1) is 11.8 Å². The topological polar surface area (TPSA) is 12.0 Å². The molecular weight excluding hydrogens is 218 g/mol. The monoisotopic (exact) mass is 251 g/mol. The van der Waals surface area contributed by atoms with Crippen molar-refractivity contribution < 1.29 is 0 Å². The highest BCUT2D eigenvalue weighted by atomic mass is 15.0. The van der Waals surface area contributed by atoms with E-state index in [9.17, 15) is 0 Å². The predicted octanol–water partition coefficient (Wildman–Crippen LogP) is 4.90. The average Bonchev–Trinajstić information content (AvgIpc) is 2.68. The van der Waals surface area contributed by atoms with E-state index < -0.39 is 0 Å². The van der Waals surface area contributed by atoms with Crippen molar-refractivity contribution in [1.29, 1.82) is 0 Å². The van der Waals surface area contributed by atoms with Gasteiger partial charge in [0.15, 0.2) is 0 Å². The van der Waals surface area contributed by atoms with Gasteiger partial charge in [-0.15, -0.1) is 0 Å². The molecule has 1 N–H and O–H groups in total. The normalized spacial score (nSPS) is 33.0. The highest BCUT2D eigenvalue weighted by Gasteiger charge is 2.25. The first-order valence-electron chi connectivity index (χ1n) is 8.55. The van der Waals surface area contributed by atoms with Gasteiger partial charge in [0.05, 0.1) is 0 Å². The second-order valence-electron chi connectivity index (χ2n) is 6.84. The summed E-state index contributed by atoms with van der Waals surface area (Å²) in [6.07, 6.45) is 16.0. The maximum atomic E-state index is 3.98. The van der Waals surface area contributed by atoms with E-state index in [0.29, 0.717) is 0 Å². The van der Waals surface area contributed by atoms with Gasteiger partial charge in [0.1, 0.15) is 0 Å². The van der Waals surface area contributed by atoms with Crippen molar-refractivity contribution in [3.05, 3.63) is 0 Å². The first kappa shape index (κ1) is 14.4. The Bertz CT molecular complexity index is 218. The second kappa shape index (κ2) is 7.53. The first-order chi connectivity index (χ1) is 8.79. The fraction of sp³-hybridized carbons (Fsp3) is 1.00. The van der Waals surface area contributed by atoms with Gasteiger partial charge in [-0.05, 0) is 44.4 Å². The molecule has 3 atom stereocenters. The zero-order chi connectivity index (χ0) is 12.8. The number of rotatable bonds is 4. The van der Waals surface area contributed by atoms with Gasteiger partial charge >= 0.3 is 0 Å². The lowest BCUT2D eigenvalue weighted by molar-refractivity contribution is 0.233. The van der Waals surface area contributed by atoms with Crippen molar-refractivity contribution in [2.45, 2.75) is 96.6 Å². The highest BCUT2D eigenvalue weighted by Crippen LogP contribution is 2.29. The molecule has 0 aliphatic heterocycles. The molecule has 0 aromatic rings. The Balaban J connectivity index is 1.76. The first-order valence-corrected chi connectivity index (χ1v) is 8.55. The van der Waals surface area contributed by atoms with Crippen LogP contribution >= 0.6 is 0 Å². The van der Waals surface area contributed by atoms with Crippen LogP contribution in [0.15, 0.2) is 0 Å². The molecule has 2 saturated carbocycles. The van der Waals surface area contributed by atoms with Gasteiger partial charge in [-0.3, -0.25) is 0 Å². The quantitative estimate of drug-likeness (QED) is 0.700. The molecule has 2 aliphatic rings. The molecule has 0 amide bonds. The summed E-state index contributed by atoms with van der Waals surface area (Å²) in [7, 11) is 0. The van der Waals surface area contributed by atoms with Crippen LogP contribution in [0.25, 0.3) is 0 Å². The molecule has 0 saturated heterocycles. The van der Waals surface area contributed by atoms with Crippen LogP contribution in [-0.2, 0) is 0 Å². The van der Waals surface area contributed by atoms with Crippen molar-refractivity contribution >= 4 is 0 Å². The zero-order valence-electron chi connectivity index (χ0n) is 12.6. The van der Waals surface area contributed by atoms with E-state index >= 15 is 0 Å². The Kier molecular flexibility index (Phi) is 6.01. The van der Waals surface area contributed by atoms with E-state index in [1.807, 2.05) is 0 Å². The summed E-state index contributed by atoms with van der Waals surface area (Å²) in [5, 5.41) is 3.98. The Labute approximate surface area is 114 Å². The summed E-state index contributed by atoms with van der Waals surface area (Å²) in [6, 6.07) is 1.57. The summed E-state index contributed by atoms with van der Waals surface area (Å²) < 4.78 is 0. The highest BCUT2D eigenvalue weighted by molar-refractivity contribution is 4.83. The lowest BCUT2D eigenvalue weighted by Gasteiger charge is -2.34. The summed E-state index contributed by atoms with van der Waals surface area (Å²) >= 11 is 0. The van der Waals surface area contributed by atoms with Gasteiger partial charge < -0.3 is 5.32 Å². The smallest absolute Gasteiger partial charge is 0.00722 e. The Morgan fingerprint density at radius 2 is 1.67 bits per heavy atom. The molecule has 1 heteroatoms. The fourth-order valence-electron chi connectivity index (χ4n) is 4.13. The second-order valence-corrected chi connectivity index (χ2v) is 6.84. The van der Waals surface area contributed by atoms with Crippen LogP contribution in [0.2, 0.25) is 0 Å². The molecular formula is C17H33N. The Morgan fingerprint density at radius 3 is 2.33 bits per heavy atom. The van der Waals surface area contributed by atoms with Crippen LogP contribution in [0.1, 0.15) is 84.5 Å². The number of hydrogen-bond acceptors (Lipinski definition) is 1. The number of hydrogen-bond donors (Lipinski definition) is 1. The molecule has 18 heavy (non-hydrogen) atoms. The van der Waals surface area contributed by atoms with E-state index in [1.165, 1.54) is 70.6 Å². The molecule has 0 aromatic heterocycles. The van der Waals surface area contributed by atoms with Crippen LogP contribution < -0.4 is 5.32 Å². The molecule has 2 aliphatic carbocycles. The average molecular weight is 251 g/mol. The molecule has 1 nitrogen and oxygen atoms in total. The molecule has 0 radical (unpaired) electrons. The molecule has 2 unspecified atom stereocenters. The minimum absolute atomic E-state index is 0.753. The van der Waals surface area contributed by atoms with Crippen molar-refractivity contribution in [2.75, 3.05) is 0 Å². The standard InChI is InChI=1S/C17H33N/c1-3-15-9-8-12-17(13-15)18-14(2)16-10-6-4-5-7-11-16/h14-18H,3-13H2,1-2H3/t14-,15?,17?/m0/s1. The van der Waals surface area contributed by atoms with E-state index in [-0.39, 0.29) is 0 Å². The third kappa shape index (κ3) is 4.26. The van der Waals surface area contributed by atoms with Crippen molar-refractivity contribution in [2.24, 2.45) is 11.8 Å². The van der Waals surface area contributed by atoms with Crippen molar-refractivity contribution in [1.82, 2.24) is 5.32 Å². The van der Waals surface area contributed by atoms with Crippen LogP contribution in [-0.4, -0.2) is 12.1 Å². The molecule has 2 fully saturated rings. The molecule has 2 rings (SSSR count). The summed E-state index contributed by atoms with van der Waals surface area (Å²) in [5.41, 5.74) is 0. The van der Waals surface area contributed by atoms with Crippen LogP contribution in [0.5, 0.6) is 0 Å². The van der Waals surface area contributed by atoms with E-state index in [0.717, 1.165) is 23.9 Å². The lowest BCUT2D eigenvalue weighted by Crippen LogP contribution is -2.43. The summed E-state index contributed by atoms with van der Waals surface area (Å²) in [5.74, 6) is 1.95. The van der Waals surface area contributed by atoms with Crippen molar-refractivity contribution in [3.8, 4) is 0 Å².